The number of nitriles is 1. The molecule has 0 saturated heterocycles. The van der Waals surface area contributed by atoms with Gasteiger partial charge in [0.15, 0.2) is 6.61 Å². The van der Waals surface area contributed by atoms with E-state index < -0.39 is 47.7 Å². The molecule has 0 radical (unpaired) electrons. The number of benzene rings is 2. The second-order valence-electron chi connectivity index (χ2n) is 6.46. The zero-order chi connectivity index (χ0) is 24.5. The fourth-order valence-corrected chi connectivity index (χ4v) is 2.63. The second kappa shape index (κ2) is 11.2. The monoisotopic (exact) mass is 473 g/mol. The van der Waals surface area contributed by atoms with E-state index in [1.807, 2.05) is 0 Å². The van der Waals surface area contributed by atoms with Gasteiger partial charge in [0.05, 0.1) is 22.6 Å². The molecule has 2 aromatic rings. The number of anilines is 1. The van der Waals surface area contributed by atoms with Crippen LogP contribution in [0.2, 0.25) is 5.02 Å². The van der Waals surface area contributed by atoms with Crippen LogP contribution < -0.4 is 16.4 Å². The first-order valence-corrected chi connectivity index (χ1v) is 9.48. The fourth-order valence-electron chi connectivity index (χ4n) is 2.51. The van der Waals surface area contributed by atoms with E-state index in [-0.39, 0.29) is 22.5 Å². The van der Waals surface area contributed by atoms with Crippen LogP contribution >= 0.6 is 11.6 Å². The Kier molecular flexibility index (Phi) is 8.42. The number of primary amides is 1. The van der Waals surface area contributed by atoms with Gasteiger partial charge in [0.25, 0.3) is 17.5 Å². The highest BCUT2D eigenvalue weighted by Gasteiger charge is 2.26. The minimum Gasteiger partial charge on any atom is -0.454 e. The first-order valence-electron chi connectivity index (χ1n) is 9.10. The average Bonchev–Trinajstić information content (AvgIpc) is 2.77. The van der Waals surface area contributed by atoms with E-state index in [0.717, 1.165) is 18.2 Å². The van der Waals surface area contributed by atoms with Crippen LogP contribution in [0.5, 0.6) is 0 Å². The predicted molar refractivity (Wildman–Crippen MR) is 114 cm³/mol. The van der Waals surface area contributed by atoms with E-state index in [4.69, 9.17) is 27.3 Å². The number of amides is 3. The molecule has 0 aliphatic carbocycles. The van der Waals surface area contributed by atoms with Crippen molar-refractivity contribution in [2.75, 3.05) is 11.9 Å². The number of hydrogen-bond acceptors (Lipinski definition) is 8. The summed E-state index contributed by atoms with van der Waals surface area (Å²) in [6.07, 6.45) is -0.583. The lowest BCUT2D eigenvalue weighted by molar-refractivity contribution is -0.384. The number of esters is 1. The lowest BCUT2D eigenvalue weighted by atomic mass is 10.1. The van der Waals surface area contributed by atoms with Crippen LogP contribution in [0.15, 0.2) is 42.5 Å². The summed E-state index contributed by atoms with van der Waals surface area (Å²) in [4.78, 5) is 58.1. The molecule has 12 nitrogen and oxygen atoms in total. The Morgan fingerprint density at radius 1 is 1.18 bits per heavy atom. The highest BCUT2D eigenvalue weighted by molar-refractivity contribution is 6.30. The van der Waals surface area contributed by atoms with Crippen LogP contribution in [0.4, 0.5) is 11.4 Å². The number of ether oxygens (including phenoxy) is 1. The van der Waals surface area contributed by atoms with Crippen molar-refractivity contribution >= 4 is 46.7 Å². The number of halogens is 1. The summed E-state index contributed by atoms with van der Waals surface area (Å²) in [7, 11) is 0. The maximum absolute atomic E-state index is 12.3. The van der Waals surface area contributed by atoms with Crippen LogP contribution in [-0.4, -0.2) is 41.3 Å². The van der Waals surface area contributed by atoms with Gasteiger partial charge < -0.3 is 21.1 Å². The summed E-state index contributed by atoms with van der Waals surface area (Å²) in [5, 5.41) is 24.9. The summed E-state index contributed by atoms with van der Waals surface area (Å²) in [5.41, 5.74) is 4.72. The number of non-ortho nitro benzene ring substituents is 1. The van der Waals surface area contributed by atoms with Crippen LogP contribution in [-0.2, 0) is 19.1 Å². The van der Waals surface area contributed by atoms with Gasteiger partial charge in [-0.3, -0.25) is 24.5 Å². The zero-order valence-corrected chi connectivity index (χ0v) is 17.5. The molecule has 0 aliphatic rings. The van der Waals surface area contributed by atoms with E-state index in [1.165, 1.54) is 24.3 Å². The molecule has 3 amide bonds. The molecule has 1 atom stereocenters. The molecular weight excluding hydrogens is 458 g/mol. The summed E-state index contributed by atoms with van der Waals surface area (Å²) in [5.74, 6) is -3.57. The number of carbonyl (C=O) groups is 4. The predicted octanol–water partition coefficient (Wildman–Crippen LogP) is 1.28. The normalized spacial score (nSPS) is 10.9. The highest BCUT2D eigenvalue weighted by Crippen LogP contribution is 2.21. The molecule has 2 aromatic carbocycles. The molecule has 4 N–H and O–H groups in total. The Labute approximate surface area is 191 Å². The van der Waals surface area contributed by atoms with E-state index in [1.54, 1.807) is 6.07 Å². The van der Waals surface area contributed by atoms with E-state index in [2.05, 4.69) is 10.6 Å². The Hall–Kier alpha value is -4.50. The lowest BCUT2D eigenvalue weighted by Crippen LogP contribution is -2.44. The van der Waals surface area contributed by atoms with E-state index >= 15 is 0 Å². The standard InChI is InChI=1S/C20H16ClN5O7/c21-13-3-1-11(2-4-13)19(29)25-16(8-17(23)27)20(30)33-10-18(28)24-15-6-5-14(26(31)32)7-12(15)9-22/h1-7,16H,8,10H2,(H2,23,27)(H,24,28)(H,25,29)/t16-/m0/s1. The number of nitrogens with one attached hydrogen (secondary N) is 2. The number of hydrogen-bond donors (Lipinski definition) is 3. The number of nitro groups is 1. The second-order valence-corrected chi connectivity index (χ2v) is 6.89. The zero-order valence-electron chi connectivity index (χ0n) is 16.7. The van der Waals surface area contributed by atoms with Crippen LogP contribution in [0, 0.1) is 21.4 Å². The van der Waals surface area contributed by atoms with Crippen molar-refractivity contribution in [1.29, 1.82) is 5.26 Å². The van der Waals surface area contributed by atoms with Crippen molar-refractivity contribution in [2.45, 2.75) is 12.5 Å². The molecular formula is C20H16ClN5O7. The molecule has 0 aromatic heterocycles. The van der Waals surface area contributed by atoms with Gasteiger partial charge >= 0.3 is 5.97 Å². The molecule has 170 valence electrons. The summed E-state index contributed by atoms with van der Waals surface area (Å²) in [6.45, 7) is -0.827. The third-order valence-corrected chi connectivity index (χ3v) is 4.31. The number of nitrogens with two attached hydrogens (primary N) is 1. The quantitative estimate of drug-likeness (QED) is 0.275. The maximum Gasteiger partial charge on any atom is 0.329 e. The first-order chi connectivity index (χ1) is 15.6. The average molecular weight is 474 g/mol. The minimum absolute atomic E-state index is 0.0334. The topological polar surface area (TPSA) is 195 Å². The summed E-state index contributed by atoms with van der Waals surface area (Å²) < 4.78 is 4.84. The largest absolute Gasteiger partial charge is 0.454 e. The molecule has 0 unspecified atom stereocenters. The Balaban J connectivity index is 2.01. The van der Waals surface area contributed by atoms with Gasteiger partial charge in [0.1, 0.15) is 12.1 Å². The smallest absolute Gasteiger partial charge is 0.329 e. The van der Waals surface area contributed by atoms with Gasteiger partial charge in [-0.15, -0.1) is 0 Å². The Bertz CT molecular complexity index is 1140. The molecule has 0 saturated carbocycles. The van der Waals surface area contributed by atoms with Crippen LogP contribution in [0.25, 0.3) is 0 Å². The first kappa shape index (κ1) is 24.8. The number of rotatable bonds is 9. The van der Waals surface area contributed by atoms with Gasteiger partial charge in [-0.05, 0) is 30.3 Å². The molecule has 0 bridgehead atoms. The number of carbonyl (C=O) groups excluding carboxylic acids is 4. The van der Waals surface area contributed by atoms with E-state index in [0.29, 0.717) is 5.02 Å². The highest BCUT2D eigenvalue weighted by atomic mass is 35.5. The molecule has 13 heteroatoms. The van der Waals surface area contributed by atoms with E-state index in [9.17, 15) is 29.3 Å². The summed E-state index contributed by atoms with van der Waals surface area (Å²) in [6, 6.07) is 9.15. The lowest BCUT2D eigenvalue weighted by Gasteiger charge is -2.16. The van der Waals surface area contributed by atoms with Crippen molar-refractivity contribution in [3.05, 3.63) is 68.7 Å². The third-order valence-electron chi connectivity index (χ3n) is 4.06. The van der Waals surface area contributed by atoms with Crippen molar-refractivity contribution in [2.24, 2.45) is 5.73 Å². The molecule has 0 fully saturated rings. The Morgan fingerprint density at radius 3 is 2.42 bits per heavy atom. The third kappa shape index (κ3) is 7.30. The van der Waals surface area contributed by atoms with Gasteiger partial charge in [-0.25, -0.2) is 4.79 Å². The molecule has 0 heterocycles. The maximum atomic E-state index is 12.3. The van der Waals surface area contributed by atoms with Gasteiger partial charge in [0.2, 0.25) is 5.91 Å². The fraction of sp³-hybridized carbons (Fsp3) is 0.150. The van der Waals surface area contributed by atoms with Crippen molar-refractivity contribution in [3.8, 4) is 6.07 Å². The minimum atomic E-state index is -1.47. The van der Waals surface area contributed by atoms with Crippen molar-refractivity contribution in [1.82, 2.24) is 5.32 Å². The van der Waals surface area contributed by atoms with Crippen molar-refractivity contribution < 1.29 is 28.8 Å². The number of nitrogens with zero attached hydrogens (tertiary/aromatic N) is 2. The molecule has 33 heavy (non-hydrogen) atoms. The molecule has 2 rings (SSSR count). The SMILES string of the molecule is N#Cc1cc([N+](=O)[O-])ccc1NC(=O)COC(=O)[C@H](CC(N)=O)NC(=O)c1ccc(Cl)cc1. The summed E-state index contributed by atoms with van der Waals surface area (Å²) >= 11 is 5.76. The van der Waals surface area contributed by atoms with Gasteiger partial charge in [-0.1, -0.05) is 11.6 Å². The van der Waals surface area contributed by atoms with Crippen LogP contribution in [0.1, 0.15) is 22.3 Å². The molecule has 0 spiro atoms. The van der Waals surface area contributed by atoms with Gasteiger partial charge in [0, 0.05) is 22.7 Å². The van der Waals surface area contributed by atoms with Crippen LogP contribution in [0.3, 0.4) is 0 Å². The molecule has 0 aliphatic heterocycles. The van der Waals surface area contributed by atoms with Gasteiger partial charge in [-0.2, -0.15) is 5.26 Å². The number of nitro benzene ring substituents is 1. The van der Waals surface area contributed by atoms with Crippen molar-refractivity contribution in [3.63, 3.8) is 0 Å². The Morgan fingerprint density at radius 2 is 1.85 bits per heavy atom.